The number of amides is 2. The van der Waals surface area contributed by atoms with Gasteiger partial charge in [0.2, 0.25) is 5.91 Å². The quantitative estimate of drug-likeness (QED) is 0.741. The second-order valence-corrected chi connectivity index (χ2v) is 6.81. The summed E-state index contributed by atoms with van der Waals surface area (Å²) in [4.78, 5) is 34.7. The Hall–Kier alpha value is -1.92. The summed E-state index contributed by atoms with van der Waals surface area (Å²) in [6.07, 6.45) is 7.90. The van der Waals surface area contributed by atoms with Crippen LogP contribution in [-0.4, -0.2) is 46.7 Å². The standard InChI is InChI=1S/C17H27N3O4/c1-20-15(21)9-8-14(19-20)17(24)18-13(7-10-16(22)23)11-12-5-3-2-4-6-12/h12-13H,2-11H2,1H3,(H,18,24)(H,22,23). The lowest BCUT2D eigenvalue weighted by Gasteiger charge is -2.27. The SMILES string of the molecule is CN1N=C(C(=O)NC(CCC(=O)O)CC2CCCCC2)CCC1=O. The third-order valence-electron chi connectivity index (χ3n) is 4.85. The minimum absolute atomic E-state index is 0.0442. The molecule has 2 N–H and O–H groups in total. The first-order valence-corrected chi connectivity index (χ1v) is 8.82. The van der Waals surface area contributed by atoms with Gasteiger partial charge >= 0.3 is 5.97 Å². The van der Waals surface area contributed by atoms with Crippen molar-refractivity contribution in [2.24, 2.45) is 11.0 Å². The molecular formula is C17H27N3O4. The molecule has 24 heavy (non-hydrogen) atoms. The van der Waals surface area contributed by atoms with Gasteiger partial charge in [-0.15, -0.1) is 0 Å². The minimum Gasteiger partial charge on any atom is -0.481 e. The van der Waals surface area contributed by atoms with E-state index in [1.165, 1.54) is 24.3 Å². The Morgan fingerprint density at radius 2 is 2.00 bits per heavy atom. The molecule has 0 aromatic heterocycles. The number of hydrogen-bond acceptors (Lipinski definition) is 4. The highest BCUT2D eigenvalue weighted by Crippen LogP contribution is 2.28. The summed E-state index contributed by atoms with van der Waals surface area (Å²) < 4.78 is 0. The predicted octanol–water partition coefficient (Wildman–Crippen LogP) is 1.91. The molecule has 7 heteroatoms. The molecule has 1 aliphatic carbocycles. The Bertz CT molecular complexity index is 512. The van der Waals surface area contributed by atoms with Crippen LogP contribution in [0.1, 0.15) is 64.2 Å². The van der Waals surface area contributed by atoms with Crippen LogP contribution >= 0.6 is 0 Å². The Morgan fingerprint density at radius 1 is 1.29 bits per heavy atom. The fraction of sp³-hybridized carbons (Fsp3) is 0.765. The molecule has 1 atom stereocenters. The topological polar surface area (TPSA) is 99.1 Å². The maximum Gasteiger partial charge on any atom is 0.303 e. The minimum atomic E-state index is -0.849. The highest BCUT2D eigenvalue weighted by Gasteiger charge is 2.26. The van der Waals surface area contributed by atoms with Crippen LogP contribution in [0.25, 0.3) is 0 Å². The molecule has 2 amide bonds. The van der Waals surface area contributed by atoms with Crippen LogP contribution in [0.4, 0.5) is 0 Å². The molecule has 1 fully saturated rings. The van der Waals surface area contributed by atoms with Crippen LogP contribution in [0.5, 0.6) is 0 Å². The van der Waals surface area contributed by atoms with Gasteiger partial charge < -0.3 is 10.4 Å². The number of hydrazone groups is 1. The van der Waals surface area contributed by atoms with E-state index in [4.69, 9.17) is 5.11 Å². The van der Waals surface area contributed by atoms with E-state index in [0.29, 0.717) is 24.5 Å². The molecule has 0 spiro atoms. The van der Waals surface area contributed by atoms with E-state index < -0.39 is 5.97 Å². The number of rotatable bonds is 7. The molecule has 7 nitrogen and oxygen atoms in total. The van der Waals surface area contributed by atoms with E-state index in [9.17, 15) is 14.4 Å². The van der Waals surface area contributed by atoms with Gasteiger partial charge in [0, 0.05) is 32.4 Å². The predicted molar refractivity (Wildman–Crippen MR) is 89.4 cm³/mol. The number of carbonyl (C=O) groups excluding carboxylic acids is 2. The first-order valence-electron chi connectivity index (χ1n) is 8.82. The van der Waals surface area contributed by atoms with E-state index in [1.54, 1.807) is 7.05 Å². The molecule has 0 aromatic carbocycles. The lowest BCUT2D eigenvalue weighted by molar-refractivity contribution is -0.137. The van der Waals surface area contributed by atoms with E-state index in [2.05, 4.69) is 10.4 Å². The molecule has 1 unspecified atom stereocenters. The number of nitrogens with one attached hydrogen (secondary N) is 1. The summed E-state index contributed by atoms with van der Waals surface area (Å²) in [7, 11) is 1.54. The lowest BCUT2D eigenvalue weighted by Crippen LogP contribution is -2.43. The fourth-order valence-electron chi connectivity index (χ4n) is 3.47. The number of nitrogens with zero attached hydrogens (tertiary/aromatic N) is 2. The first-order chi connectivity index (χ1) is 11.5. The summed E-state index contributed by atoms with van der Waals surface area (Å²) in [5.41, 5.74) is 0.348. The number of carboxylic acids is 1. The maximum atomic E-state index is 12.4. The van der Waals surface area contributed by atoms with Crippen molar-refractivity contribution < 1.29 is 19.5 Å². The Morgan fingerprint density at radius 3 is 2.62 bits per heavy atom. The zero-order valence-corrected chi connectivity index (χ0v) is 14.3. The molecule has 2 rings (SSSR count). The zero-order chi connectivity index (χ0) is 17.5. The van der Waals surface area contributed by atoms with Gasteiger partial charge in [0.25, 0.3) is 5.91 Å². The van der Waals surface area contributed by atoms with Crippen LogP contribution in [0.3, 0.4) is 0 Å². The average Bonchev–Trinajstić information content (AvgIpc) is 2.56. The van der Waals surface area contributed by atoms with Crippen molar-refractivity contribution in [2.45, 2.75) is 70.3 Å². The normalized spacial score (nSPS) is 20.5. The van der Waals surface area contributed by atoms with Crippen molar-refractivity contribution in [3.8, 4) is 0 Å². The van der Waals surface area contributed by atoms with Gasteiger partial charge in [-0.05, 0) is 18.8 Å². The van der Waals surface area contributed by atoms with Crippen LogP contribution in [0, 0.1) is 5.92 Å². The molecule has 1 aliphatic heterocycles. The van der Waals surface area contributed by atoms with Gasteiger partial charge in [-0.3, -0.25) is 14.4 Å². The van der Waals surface area contributed by atoms with Crippen molar-refractivity contribution >= 4 is 23.5 Å². The third-order valence-corrected chi connectivity index (χ3v) is 4.85. The lowest BCUT2D eigenvalue weighted by atomic mass is 9.84. The molecule has 0 saturated heterocycles. The molecule has 2 aliphatic rings. The van der Waals surface area contributed by atoms with Crippen LogP contribution < -0.4 is 5.32 Å². The average molecular weight is 337 g/mol. The molecule has 0 aromatic rings. The van der Waals surface area contributed by atoms with Gasteiger partial charge in [-0.2, -0.15) is 5.10 Å². The molecular weight excluding hydrogens is 310 g/mol. The van der Waals surface area contributed by atoms with Gasteiger partial charge in [0.05, 0.1) is 0 Å². The Labute approximate surface area is 142 Å². The molecule has 0 radical (unpaired) electrons. The summed E-state index contributed by atoms with van der Waals surface area (Å²) in [5, 5.41) is 17.1. The third kappa shape index (κ3) is 5.62. The number of carboxylic acid groups (broad SMARTS) is 1. The molecule has 134 valence electrons. The maximum absolute atomic E-state index is 12.4. The fourth-order valence-corrected chi connectivity index (χ4v) is 3.47. The van der Waals surface area contributed by atoms with Gasteiger partial charge in [0.15, 0.2) is 0 Å². The van der Waals surface area contributed by atoms with Gasteiger partial charge in [0.1, 0.15) is 5.71 Å². The van der Waals surface area contributed by atoms with Crippen molar-refractivity contribution in [1.82, 2.24) is 10.3 Å². The number of hydrogen-bond donors (Lipinski definition) is 2. The van der Waals surface area contributed by atoms with E-state index in [-0.39, 0.29) is 30.7 Å². The van der Waals surface area contributed by atoms with Crippen molar-refractivity contribution in [3.05, 3.63) is 0 Å². The molecule has 1 saturated carbocycles. The highest BCUT2D eigenvalue weighted by molar-refractivity contribution is 6.39. The first kappa shape index (κ1) is 18.4. The second-order valence-electron chi connectivity index (χ2n) is 6.81. The van der Waals surface area contributed by atoms with Gasteiger partial charge in [-0.25, -0.2) is 5.01 Å². The van der Waals surface area contributed by atoms with Gasteiger partial charge in [-0.1, -0.05) is 32.1 Å². The number of aliphatic carboxylic acids is 1. The smallest absolute Gasteiger partial charge is 0.303 e. The van der Waals surface area contributed by atoms with E-state index >= 15 is 0 Å². The number of carbonyl (C=O) groups is 3. The Kier molecular flexibility index (Phi) is 6.75. The largest absolute Gasteiger partial charge is 0.481 e. The molecule has 1 heterocycles. The van der Waals surface area contributed by atoms with Crippen LogP contribution in [0.15, 0.2) is 5.10 Å². The monoisotopic (exact) mass is 337 g/mol. The van der Waals surface area contributed by atoms with E-state index in [1.807, 2.05) is 0 Å². The van der Waals surface area contributed by atoms with Crippen molar-refractivity contribution in [2.75, 3.05) is 7.05 Å². The second kappa shape index (κ2) is 8.80. The van der Waals surface area contributed by atoms with E-state index in [0.717, 1.165) is 19.3 Å². The summed E-state index contributed by atoms with van der Waals surface area (Å²) in [6.45, 7) is 0. The molecule has 0 bridgehead atoms. The van der Waals surface area contributed by atoms with Crippen LogP contribution in [-0.2, 0) is 14.4 Å². The van der Waals surface area contributed by atoms with Crippen LogP contribution in [0.2, 0.25) is 0 Å². The highest BCUT2D eigenvalue weighted by atomic mass is 16.4. The summed E-state index contributed by atoms with van der Waals surface area (Å²) in [6, 6.07) is -0.151. The zero-order valence-electron chi connectivity index (χ0n) is 14.3. The van der Waals surface area contributed by atoms with Crippen molar-refractivity contribution in [3.63, 3.8) is 0 Å². The van der Waals surface area contributed by atoms with Crippen molar-refractivity contribution in [1.29, 1.82) is 0 Å². The summed E-state index contributed by atoms with van der Waals surface area (Å²) in [5.74, 6) is -0.676. The Balaban J connectivity index is 1.95. The summed E-state index contributed by atoms with van der Waals surface area (Å²) >= 11 is 0.